The van der Waals surface area contributed by atoms with Crippen LogP contribution in [0.4, 0.5) is 0 Å². The molecule has 1 aliphatic rings. The summed E-state index contributed by atoms with van der Waals surface area (Å²) in [6, 6.07) is 0. The van der Waals surface area contributed by atoms with Gasteiger partial charge in [-0.2, -0.15) is 0 Å². The molecule has 1 unspecified atom stereocenters. The van der Waals surface area contributed by atoms with E-state index in [-0.39, 0.29) is 34.9 Å². The van der Waals surface area contributed by atoms with E-state index in [1.807, 2.05) is 0 Å². The van der Waals surface area contributed by atoms with Crippen LogP contribution < -0.4 is 29.6 Å². The fourth-order valence-corrected chi connectivity index (χ4v) is 2.59. The first-order chi connectivity index (χ1) is 5.91. The molecule has 1 rings (SSSR count). The maximum absolute atomic E-state index is 10.5. The quantitative estimate of drug-likeness (QED) is 0.338. The van der Waals surface area contributed by atoms with Crippen molar-refractivity contribution in [2.75, 3.05) is 0 Å². The molecule has 0 aromatic carbocycles. The molecular formula is C7H12ClNaO4S. The van der Waals surface area contributed by atoms with Crippen molar-refractivity contribution in [2.24, 2.45) is 5.92 Å². The van der Waals surface area contributed by atoms with Gasteiger partial charge in [0.05, 0.1) is 0 Å². The topological polar surface area (TPSA) is 77.4 Å². The molecule has 1 N–H and O–H groups in total. The normalized spacial score (nSPS) is 30.5. The molecule has 0 spiro atoms. The third-order valence-electron chi connectivity index (χ3n) is 2.40. The number of aliphatic hydroxyl groups is 1. The monoisotopic (exact) mass is 250 g/mol. The van der Waals surface area contributed by atoms with Gasteiger partial charge in [0.1, 0.15) is 15.6 Å². The summed E-state index contributed by atoms with van der Waals surface area (Å²) in [7, 11) is -4.56. The van der Waals surface area contributed by atoms with Crippen LogP contribution in [-0.4, -0.2) is 28.9 Å². The van der Waals surface area contributed by atoms with E-state index < -0.39 is 21.5 Å². The second-order valence-electron chi connectivity index (χ2n) is 3.40. The van der Waals surface area contributed by atoms with Crippen LogP contribution in [0.25, 0.3) is 0 Å². The minimum atomic E-state index is -4.56. The minimum Gasteiger partial charge on any atom is -0.746 e. The largest absolute Gasteiger partial charge is 1.00 e. The molecule has 1 saturated carbocycles. The van der Waals surface area contributed by atoms with E-state index in [9.17, 15) is 13.0 Å². The molecule has 4 nitrogen and oxygen atoms in total. The Morgan fingerprint density at radius 1 is 1.29 bits per heavy atom. The van der Waals surface area contributed by atoms with E-state index >= 15 is 0 Å². The zero-order chi connectivity index (χ0) is 10.1. The van der Waals surface area contributed by atoms with Gasteiger partial charge in [-0.25, -0.2) is 8.42 Å². The van der Waals surface area contributed by atoms with E-state index in [1.54, 1.807) is 0 Å². The van der Waals surface area contributed by atoms with Gasteiger partial charge in [0.25, 0.3) is 0 Å². The summed E-state index contributed by atoms with van der Waals surface area (Å²) in [5, 5.41) is 9.21. The Kier molecular flexibility index (Phi) is 6.53. The molecule has 78 valence electrons. The van der Waals surface area contributed by atoms with Crippen LogP contribution in [0.2, 0.25) is 0 Å². The first-order valence-electron chi connectivity index (χ1n) is 4.18. The molecule has 0 aromatic rings. The number of hydrogen-bond acceptors (Lipinski definition) is 4. The van der Waals surface area contributed by atoms with Gasteiger partial charge in [-0.15, -0.1) is 11.6 Å². The Bertz CT molecular complexity index is 261. The van der Waals surface area contributed by atoms with Crippen LogP contribution in [0.1, 0.15) is 25.7 Å². The van der Waals surface area contributed by atoms with Gasteiger partial charge in [0, 0.05) is 5.38 Å². The molecule has 0 bridgehead atoms. The van der Waals surface area contributed by atoms with E-state index in [1.165, 1.54) is 0 Å². The summed E-state index contributed by atoms with van der Waals surface area (Å²) in [6.45, 7) is 0. The number of aliphatic hydroxyl groups excluding tert-OH is 1. The van der Waals surface area contributed by atoms with Crippen molar-refractivity contribution in [1.82, 2.24) is 0 Å². The average molecular weight is 251 g/mol. The summed E-state index contributed by atoms with van der Waals surface area (Å²) < 4.78 is 31.4. The zero-order valence-electron chi connectivity index (χ0n) is 8.02. The van der Waals surface area contributed by atoms with Gasteiger partial charge in [0.15, 0.2) is 0 Å². The first-order valence-corrected chi connectivity index (χ1v) is 6.09. The minimum absolute atomic E-state index is 0. The number of rotatable bonds is 2. The average Bonchev–Trinajstić information content (AvgIpc) is 2.03. The SMILES string of the molecule is O=S(=O)([O-])C(O)C1CCC(Cl)CC1.[Na+]. The zero-order valence-corrected chi connectivity index (χ0v) is 11.6. The molecule has 0 heterocycles. The third kappa shape index (κ3) is 4.35. The molecule has 0 aromatic heterocycles. The molecular weight excluding hydrogens is 239 g/mol. The second-order valence-corrected chi connectivity index (χ2v) is 5.48. The molecule has 7 heteroatoms. The van der Waals surface area contributed by atoms with Crippen LogP contribution in [0.3, 0.4) is 0 Å². The van der Waals surface area contributed by atoms with Crippen molar-refractivity contribution in [2.45, 2.75) is 36.5 Å². The maximum Gasteiger partial charge on any atom is 1.00 e. The fraction of sp³-hybridized carbons (Fsp3) is 1.00. The van der Waals surface area contributed by atoms with E-state index in [0.29, 0.717) is 25.7 Å². The van der Waals surface area contributed by atoms with Crippen molar-refractivity contribution < 1.29 is 47.6 Å². The predicted octanol–water partition coefficient (Wildman–Crippen LogP) is -2.35. The van der Waals surface area contributed by atoms with Crippen molar-refractivity contribution in [1.29, 1.82) is 0 Å². The molecule has 0 aliphatic heterocycles. The maximum atomic E-state index is 10.5. The molecule has 1 fully saturated rings. The van der Waals surface area contributed by atoms with Crippen molar-refractivity contribution in [3.8, 4) is 0 Å². The number of alkyl halides is 1. The van der Waals surface area contributed by atoms with Gasteiger partial charge in [-0.3, -0.25) is 0 Å². The van der Waals surface area contributed by atoms with E-state index in [0.717, 1.165) is 0 Å². The predicted molar refractivity (Wildman–Crippen MR) is 47.3 cm³/mol. The van der Waals surface area contributed by atoms with Gasteiger partial charge in [-0.1, -0.05) is 0 Å². The number of halogens is 1. The van der Waals surface area contributed by atoms with Crippen LogP contribution >= 0.6 is 11.6 Å². The smallest absolute Gasteiger partial charge is 0.746 e. The van der Waals surface area contributed by atoms with Crippen LogP contribution in [-0.2, 0) is 10.1 Å². The fourth-order valence-electron chi connectivity index (χ4n) is 1.60. The summed E-state index contributed by atoms with van der Waals surface area (Å²) in [5.74, 6) is -0.433. The first kappa shape index (κ1) is 15.2. The number of hydrogen-bond donors (Lipinski definition) is 1. The summed E-state index contributed by atoms with van der Waals surface area (Å²) in [6.07, 6.45) is 2.35. The Hall–Kier alpha value is 1.16. The van der Waals surface area contributed by atoms with E-state index in [2.05, 4.69) is 0 Å². The molecule has 0 saturated heterocycles. The second kappa shape index (κ2) is 6.03. The van der Waals surface area contributed by atoms with Gasteiger partial charge in [-0.05, 0) is 31.6 Å². The summed E-state index contributed by atoms with van der Waals surface area (Å²) in [4.78, 5) is 0. The van der Waals surface area contributed by atoms with Crippen molar-refractivity contribution in [3.63, 3.8) is 0 Å². The van der Waals surface area contributed by atoms with Crippen LogP contribution in [0.15, 0.2) is 0 Å². The van der Waals surface area contributed by atoms with Gasteiger partial charge < -0.3 is 9.66 Å². The van der Waals surface area contributed by atoms with E-state index in [4.69, 9.17) is 16.7 Å². The van der Waals surface area contributed by atoms with Crippen LogP contribution in [0, 0.1) is 5.92 Å². The van der Waals surface area contributed by atoms with Crippen LogP contribution in [0.5, 0.6) is 0 Å². The standard InChI is InChI=1S/C7H13ClO4S.Na/c8-6-3-1-5(2-4-6)7(9)13(10,11)12;/h5-7,9H,1-4H2,(H,10,11,12);/q;+1/p-1. The Labute approximate surface area is 111 Å². The van der Waals surface area contributed by atoms with Crippen molar-refractivity contribution in [3.05, 3.63) is 0 Å². The van der Waals surface area contributed by atoms with Gasteiger partial charge >= 0.3 is 29.6 Å². The third-order valence-corrected chi connectivity index (χ3v) is 3.81. The molecule has 1 atom stereocenters. The summed E-state index contributed by atoms with van der Waals surface area (Å²) >= 11 is 5.79. The molecule has 0 amide bonds. The van der Waals surface area contributed by atoms with Crippen molar-refractivity contribution >= 4 is 21.7 Å². The Morgan fingerprint density at radius 2 is 1.71 bits per heavy atom. The molecule has 14 heavy (non-hydrogen) atoms. The summed E-state index contributed by atoms with van der Waals surface area (Å²) in [5.41, 5.74) is -1.75. The Balaban J connectivity index is 0.00000169. The Morgan fingerprint density at radius 3 is 2.07 bits per heavy atom. The van der Waals surface area contributed by atoms with Gasteiger partial charge in [0.2, 0.25) is 0 Å². The molecule has 1 aliphatic carbocycles. The molecule has 0 radical (unpaired) electrons.